The van der Waals surface area contributed by atoms with Crippen molar-refractivity contribution in [3.05, 3.63) is 29.6 Å². The maximum Gasteiger partial charge on any atom is 0.165 e. The Morgan fingerprint density at radius 3 is 2.95 bits per heavy atom. The van der Waals surface area contributed by atoms with Crippen LogP contribution in [0.1, 0.15) is 19.4 Å². The van der Waals surface area contributed by atoms with Crippen molar-refractivity contribution in [1.82, 2.24) is 10.2 Å². The first-order chi connectivity index (χ1) is 10.1. The van der Waals surface area contributed by atoms with Crippen LogP contribution in [-0.2, 0) is 11.3 Å². The summed E-state index contributed by atoms with van der Waals surface area (Å²) in [4.78, 5) is 2.35. The third-order valence-corrected chi connectivity index (χ3v) is 3.71. The van der Waals surface area contributed by atoms with Crippen LogP contribution in [0.5, 0.6) is 5.75 Å². The molecule has 0 bridgehead atoms. The summed E-state index contributed by atoms with van der Waals surface area (Å²) in [5.74, 6) is -0.0149. The van der Waals surface area contributed by atoms with Crippen LogP contribution < -0.4 is 10.1 Å². The summed E-state index contributed by atoms with van der Waals surface area (Å²) in [7, 11) is 1.48. The molecule has 0 aromatic heterocycles. The van der Waals surface area contributed by atoms with Crippen LogP contribution in [-0.4, -0.2) is 50.4 Å². The van der Waals surface area contributed by atoms with E-state index in [4.69, 9.17) is 9.47 Å². The van der Waals surface area contributed by atoms with Gasteiger partial charge in [-0.15, -0.1) is 0 Å². The highest BCUT2D eigenvalue weighted by Crippen LogP contribution is 2.20. The number of methoxy groups -OCH3 is 1. The Kier molecular flexibility index (Phi) is 5.96. The van der Waals surface area contributed by atoms with Crippen molar-refractivity contribution in [3.8, 4) is 5.75 Å². The van der Waals surface area contributed by atoms with Gasteiger partial charge in [-0.2, -0.15) is 0 Å². The quantitative estimate of drug-likeness (QED) is 0.871. The van der Waals surface area contributed by atoms with E-state index in [1.807, 2.05) is 6.07 Å². The Hall–Kier alpha value is -1.17. The monoisotopic (exact) mass is 296 g/mol. The smallest absolute Gasteiger partial charge is 0.165 e. The number of morpholine rings is 1. The summed E-state index contributed by atoms with van der Waals surface area (Å²) in [6.07, 6.45) is 0. The number of ether oxygens (including phenoxy) is 2. The van der Waals surface area contributed by atoms with Crippen molar-refractivity contribution in [1.29, 1.82) is 0 Å². The molecule has 0 saturated carbocycles. The molecule has 1 atom stereocenters. The van der Waals surface area contributed by atoms with E-state index in [1.165, 1.54) is 7.11 Å². The molecule has 1 saturated heterocycles. The van der Waals surface area contributed by atoms with Gasteiger partial charge in [-0.25, -0.2) is 4.39 Å². The van der Waals surface area contributed by atoms with Gasteiger partial charge >= 0.3 is 0 Å². The zero-order valence-corrected chi connectivity index (χ0v) is 13.1. The minimum absolute atomic E-state index is 0.291. The van der Waals surface area contributed by atoms with Crippen LogP contribution in [0.15, 0.2) is 18.2 Å². The fraction of sp³-hybridized carbons (Fsp3) is 0.625. The Morgan fingerprint density at radius 1 is 1.48 bits per heavy atom. The Morgan fingerprint density at radius 2 is 2.29 bits per heavy atom. The zero-order valence-electron chi connectivity index (χ0n) is 13.1. The summed E-state index contributed by atoms with van der Waals surface area (Å²) >= 11 is 0. The van der Waals surface area contributed by atoms with E-state index in [9.17, 15) is 4.39 Å². The van der Waals surface area contributed by atoms with Crippen molar-refractivity contribution in [2.45, 2.75) is 32.5 Å². The van der Waals surface area contributed by atoms with Gasteiger partial charge < -0.3 is 14.8 Å². The Bertz CT molecular complexity index is 454. The van der Waals surface area contributed by atoms with Crippen molar-refractivity contribution in [3.63, 3.8) is 0 Å². The summed E-state index contributed by atoms with van der Waals surface area (Å²) in [6, 6.07) is 5.94. The fourth-order valence-electron chi connectivity index (χ4n) is 2.50. The molecule has 0 amide bonds. The topological polar surface area (TPSA) is 33.7 Å². The summed E-state index contributed by atoms with van der Waals surface area (Å²) < 4.78 is 24.3. The Balaban J connectivity index is 1.99. The lowest BCUT2D eigenvalue weighted by Crippen LogP contribution is -2.50. The van der Waals surface area contributed by atoms with E-state index < -0.39 is 0 Å². The number of hydrogen-bond donors (Lipinski definition) is 1. The van der Waals surface area contributed by atoms with E-state index >= 15 is 0 Å². The second kappa shape index (κ2) is 7.73. The molecular weight excluding hydrogens is 271 g/mol. The summed E-state index contributed by atoms with van der Waals surface area (Å²) in [6.45, 7) is 8.21. The van der Waals surface area contributed by atoms with Crippen LogP contribution in [0.2, 0.25) is 0 Å². The normalized spacial score (nSPS) is 20.0. The Labute approximate surface area is 126 Å². The van der Waals surface area contributed by atoms with E-state index in [1.54, 1.807) is 12.1 Å². The van der Waals surface area contributed by atoms with Crippen LogP contribution in [0.3, 0.4) is 0 Å². The summed E-state index contributed by atoms with van der Waals surface area (Å²) in [5.41, 5.74) is 0.963. The maximum atomic E-state index is 13.8. The third kappa shape index (κ3) is 4.66. The highest BCUT2D eigenvalue weighted by atomic mass is 19.1. The number of hydrogen-bond acceptors (Lipinski definition) is 4. The minimum Gasteiger partial charge on any atom is -0.494 e. The number of benzene rings is 1. The van der Waals surface area contributed by atoms with Crippen LogP contribution in [0.25, 0.3) is 0 Å². The van der Waals surface area contributed by atoms with Gasteiger partial charge in [0.1, 0.15) is 0 Å². The first-order valence-corrected chi connectivity index (χ1v) is 7.47. The van der Waals surface area contributed by atoms with Gasteiger partial charge in [0.25, 0.3) is 0 Å². The molecule has 21 heavy (non-hydrogen) atoms. The van der Waals surface area contributed by atoms with Gasteiger partial charge in [0.15, 0.2) is 11.6 Å². The second-order valence-corrected chi connectivity index (χ2v) is 5.73. The van der Waals surface area contributed by atoms with Crippen molar-refractivity contribution in [2.24, 2.45) is 0 Å². The molecule has 2 rings (SSSR count). The first-order valence-electron chi connectivity index (χ1n) is 7.47. The molecule has 1 aromatic carbocycles. The zero-order chi connectivity index (χ0) is 15.2. The molecule has 1 unspecified atom stereocenters. The van der Waals surface area contributed by atoms with Crippen LogP contribution in [0, 0.1) is 5.82 Å². The molecule has 5 heteroatoms. The molecular formula is C16H25FN2O2. The predicted octanol–water partition coefficient (Wildman–Crippen LogP) is 2.03. The number of halogens is 1. The molecule has 118 valence electrons. The lowest BCUT2D eigenvalue weighted by Gasteiger charge is -2.36. The van der Waals surface area contributed by atoms with E-state index in [0.29, 0.717) is 17.8 Å². The predicted molar refractivity (Wildman–Crippen MR) is 81.1 cm³/mol. The lowest BCUT2D eigenvalue weighted by atomic mass is 10.1. The summed E-state index contributed by atoms with van der Waals surface area (Å²) in [5, 5.41) is 3.44. The van der Waals surface area contributed by atoms with Crippen molar-refractivity contribution in [2.75, 3.05) is 33.4 Å². The second-order valence-electron chi connectivity index (χ2n) is 5.73. The third-order valence-electron chi connectivity index (χ3n) is 3.71. The number of nitrogens with one attached hydrogen (secondary N) is 1. The van der Waals surface area contributed by atoms with Crippen LogP contribution in [0.4, 0.5) is 4.39 Å². The van der Waals surface area contributed by atoms with Gasteiger partial charge in [-0.3, -0.25) is 4.90 Å². The molecule has 0 spiro atoms. The fourth-order valence-corrected chi connectivity index (χ4v) is 2.50. The minimum atomic E-state index is -0.305. The lowest BCUT2D eigenvalue weighted by molar-refractivity contribution is -0.0115. The molecule has 1 heterocycles. The molecule has 4 nitrogen and oxygen atoms in total. The van der Waals surface area contributed by atoms with E-state index in [-0.39, 0.29) is 5.82 Å². The molecule has 1 N–H and O–H groups in total. The van der Waals surface area contributed by atoms with Crippen LogP contribution >= 0.6 is 0 Å². The van der Waals surface area contributed by atoms with Gasteiger partial charge in [-0.05, 0) is 17.7 Å². The van der Waals surface area contributed by atoms with Crippen molar-refractivity contribution < 1.29 is 13.9 Å². The number of nitrogens with zero attached hydrogens (tertiary/aromatic N) is 1. The van der Waals surface area contributed by atoms with Gasteiger partial charge in [-0.1, -0.05) is 19.9 Å². The van der Waals surface area contributed by atoms with Gasteiger partial charge in [0.2, 0.25) is 0 Å². The first kappa shape index (κ1) is 16.2. The van der Waals surface area contributed by atoms with Gasteiger partial charge in [0, 0.05) is 31.7 Å². The van der Waals surface area contributed by atoms with E-state index in [2.05, 4.69) is 24.1 Å². The standard InChI is InChI=1S/C16H25FN2O2/c1-12(2)18-9-14-11-21-7-6-19(14)10-13-4-5-16(20-3)15(17)8-13/h4-5,8,12,14,18H,6-7,9-11H2,1-3H3. The van der Waals surface area contributed by atoms with E-state index in [0.717, 1.165) is 38.4 Å². The molecule has 1 aromatic rings. The molecule has 1 aliphatic heterocycles. The molecule has 1 fully saturated rings. The largest absolute Gasteiger partial charge is 0.494 e. The SMILES string of the molecule is COc1ccc(CN2CCOCC2CNC(C)C)cc1F. The highest BCUT2D eigenvalue weighted by Gasteiger charge is 2.23. The highest BCUT2D eigenvalue weighted by molar-refractivity contribution is 5.29. The average Bonchev–Trinajstić information content (AvgIpc) is 2.46. The number of rotatable bonds is 6. The molecule has 0 aliphatic carbocycles. The maximum absolute atomic E-state index is 13.8. The van der Waals surface area contributed by atoms with Crippen molar-refractivity contribution >= 4 is 0 Å². The average molecular weight is 296 g/mol. The molecule has 1 aliphatic rings. The van der Waals surface area contributed by atoms with Gasteiger partial charge in [0.05, 0.1) is 20.3 Å². The molecule has 0 radical (unpaired) electrons.